The van der Waals surface area contributed by atoms with Gasteiger partial charge in [-0.15, -0.1) is 0 Å². The number of hydrogen-bond acceptors (Lipinski definition) is 6. The monoisotopic (exact) mass is 423 g/mol. The Balaban J connectivity index is 2.35. The van der Waals surface area contributed by atoms with E-state index in [0.29, 0.717) is 5.69 Å². The first-order valence-electron chi connectivity index (χ1n) is 10.4. The Morgan fingerprint density at radius 1 is 0.677 bits per heavy atom. The smallest absolute Gasteiger partial charge is 0.243 e. The van der Waals surface area contributed by atoms with Gasteiger partial charge in [0.05, 0.1) is 39.7 Å². The average molecular weight is 424 g/mol. The van der Waals surface area contributed by atoms with Gasteiger partial charge >= 0.3 is 0 Å². The molecule has 31 heavy (non-hydrogen) atoms. The zero-order chi connectivity index (χ0) is 23.6. The first-order chi connectivity index (χ1) is 14.2. The second-order valence-corrected chi connectivity index (χ2v) is 9.74. The molecule has 0 unspecified atom stereocenters. The normalized spacial score (nSPS) is 13.5. The van der Waals surface area contributed by atoms with Crippen LogP contribution < -0.4 is 0 Å². The summed E-state index contributed by atoms with van der Waals surface area (Å²) in [6, 6.07) is 0. The van der Waals surface area contributed by atoms with E-state index in [-0.39, 0.29) is 5.54 Å². The summed E-state index contributed by atoms with van der Waals surface area (Å²) in [6.07, 6.45) is 7.21. The van der Waals surface area contributed by atoms with E-state index >= 15 is 0 Å². The molecule has 0 saturated carbocycles. The van der Waals surface area contributed by atoms with Crippen LogP contribution in [0.15, 0.2) is 4.99 Å². The molecule has 2 heterocycles. The Labute approximate surface area is 185 Å². The summed E-state index contributed by atoms with van der Waals surface area (Å²) < 4.78 is 1.16. The third-order valence-electron chi connectivity index (χ3n) is 4.54. The minimum atomic E-state index is -0.418. The fraction of sp³-hybridized carbons (Fsp3) is 0.500. The summed E-state index contributed by atoms with van der Waals surface area (Å²) in [5.74, 6) is 0. The van der Waals surface area contributed by atoms with Crippen molar-refractivity contribution < 1.29 is 9.95 Å². The molecule has 0 radical (unpaired) electrons. The van der Waals surface area contributed by atoms with Crippen LogP contribution in [0.1, 0.15) is 87.1 Å². The summed E-state index contributed by atoms with van der Waals surface area (Å²) in [4.78, 5) is 23.2. The van der Waals surface area contributed by atoms with Crippen molar-refractivity contribution in [3.8, 4) is 0 Å². The molecule has 0 atom stereocenters. The van der Waals surface area contributed by atoms with Crippen LogP contribution in [0, 0.1) is 27.7 Å². The van der Waals surface area contributed by atoms with E-state index in [1.807, 2.05) is 81.4 Å². The van der Waals surface area contributed by atoms with Crippen molar-refractivity contribution in [2.75, 3.05) is 0 Å². The molecule has 2 aromatic rings. The van der Waals surface area contributed by atoms with Gasteiger partial charge in [-0.05, 0) is 65.4 Å². The van der Waals surface area contributed by atoms with Crippen LogP contribution in [0.3, 0.4) is 0 Å². The Morgan fingerprint density at radius 2 is 1.06 bits per heavy atom. The minimum absolute atomic E-state index is 0.155. The third-order valence-corrected chi connectivity index (χ3v) is 4.54. The summed E-state index contributed by atoms with van der Waals surface area (Å²) in [5.41, 5.74) is 5.55. The van der Waals surface area contributed by atoms with Crippen molar-refractivity contribution in [1.82, 2.24) is 19.9 Å². The lowest BCUT2D eigenvalue weighted by molar-refractivity contribution is -0.816. The molecule has 0 aliphatic rings. The van der Waals surface area contributed by atoms with Crippen molar-refractivity contribution in [3.05, 3.63) is 45.6 Å². The van der Waals surface area contributed by atoms with Crippen molar-refractivity contribution in [2.24, 2.45) is 4.99 Å². The van der Waals surface area contributed by atoms with Gasteiger partial charge in [0.2, 0.25) is 11.8 Å². The fourth-order valence-corrected chi connectivity index (χ4v) is 2.56. The first-order valence-corrected chi connectivity index (χ1v) is 10.4. The Morgan fingerprint density at radius 3 is 1.52 bits per heavy atom. The molecule has 2 rings (SSSR count). The van der Waals surface area contributed by atoms with Gasteiger partial charge < -0.3 is 0 Å². The van der Waals surface area contributed by atoms with Gasteiger partial charge in [0.15, 0.2) is 5.69 Å². The molecule has 0 amide bonds. The van der Waals surface area contributed by atoms with E-state index in [1.54, 1.807) is 12.4 Å². The molecular formula is C24H35N6O+. The van der Waals surface area contributed by atoms with Crippen LogP contribution in [-0.2, 0) is 0 Å². The number of hydrogen-bond donors (Lipinski definition) is 1. The van der Waals surface area contributed by atoms with Gasteiger partial charge in [-0.3, -0.25) is 10.2 Å². The summed E-state index contributed by atoms with van der Waals surface area (Å²) in [5, 5.41) is 10.2. The number of aliphatic imine (C=N–C) groups is 1. The zero-order valence-corrected chi connectivity index (χ0v) is 20.4. The summed E-state index contributed by atoms with van der Waals surface area (Å²) >= 11 is 0. The van der Waals surface area contributed by atoms with Crippen LogP contribution in [0.5, 0.6) is 0 Å². The van der Waals surface area contributed by atoms with Crippen molar-refractivity contribution in [1.29, 1.82) is 0 Å². The molecule has 0 aliphatic heterocycles. The van der Waals surface area contributed by atoms with Crippen molar-refractivity contribution in [2.45, 2.75) is 80.3 Å². The second kappa shape index (κ2) is 9.04. The van der Waals surface area contributed by atoms with Crippen LogP contribution >= 0.6 is 0 Å². The van der Waals surface area contributed by atoms with Crippen molar-refractivity contribution in [3.63, 3.8) is 0 Å². The second-order valence-electron chi connectivity index (χ2n) is 9.74. The lowest BCUT2D eigenvalue weighted by atomic mass is 10.1. The number of rotatable bonds is 4. The summed E-state index contributed by atoms with van der Waals surface area (Å²) in [6.45, 7) is 19.5. The van der Waals surface area contributed by atoms with Crippen LogP contribution in [0.4, 0.5) is 0 Å². The molecule has 0 saturated heterocycles. The van der Waals surface area contributed by atoms with Crippen LogP contribution in [0.25, 0.3) is 12.2 Å². The lowest BCUT2D eigenvalue weighted by Gasteiger charge is -2.11. The molecule has 0 spiro atoms. The van der Waals surface area contributed by atoms with E-state index in [1.165, 1.54) is 0 Å². The predicted molar refractivity (Wildman–Crippen MR) is 126 cm³/mol. The Hall–Kier alpha value is -2.96. The molecule has 0 bridgehead atoms. The highest BCUT2D eigenvalue weighted by Crippen LogP contribution is 2.15. The molecule has 0 fully saturated rings. The maximum Gasteiger partial charge on any atom is 0.243 e. The fourth-order valence-electron chi connectivity index (χ4n) is 2.56. The van der Waals surface area contributed by atoms with Gasteiger partial charge in [0.1, 0.15) is 5.69 Å². The Bertz CT molecular complexity index is 1050. The van der Waals surface area contributed by atoms with Gasteiger partial charge in [-0.1, -0.05) is 0 Å². The maximum atomic E-state index is 10.2. The molecular weight excluding hydrogens is 388 g/mol. The number of nitrogens with zero attached hydrogens (tertiary/aromatic N) is 6. The van der Waals surface area contributed by atoms with E-state index in [9.17, 15) is 5.21 Å². The number of hydroxylamine groups is 1. The molecule has 7 heteroatoms. The van der Waals surface area contributed by atoms with E-state index in [0.717, 1.165) is 44.6 Å². The number of aromatic nitrogens is 4. The van der Waals surface area contributed by atoms with Gasteiger partial charge in [-0.25, -0.2) is 19.9 Å². The molecule has 166 valence electrons. The maximum absolute atomic E-state index is 10.2. The average Bonchev–Trinajstić information content (AvgIpc) is 2.62. The van der Waals surface area contributed by atoms with Gasteiger partial charge in [0, 0.05) is 27.0 Å². The highest BCUT2D eigenvalue weighted by Gasteiger charge is 2.25. The van der Waals surface area contributed by atoms with Gasteiger partial charge in [-0.2, -0.15) is 0 Å². The predicted octanol–water partition coefficient (Wildman–Crippen LogP) is 4.51. The highest BCUT2D eigenvalue weighted by molar-refractivity contribution is 5.79. The quantitative estimate of drug-likeness (QED) is 0.338. The largest absolute Gasteiger partial charge is 0.290 e. The highest BCUT2D eigenvalue weighted by atomic mass is 16.5. The zero-order valence-electron chi connectivity index (χ0n) is 20.4. The minimum Gasteiger partial charge on any atom is -0.290 e. The molecule has 0 aromatic carbocycles. The van der Waals surface area contributed by atoms with Crippen LogP contribution in [0.2, 0.25) is 0 Å². The summed E-state index contributed by atoms with van der Waals surface area (Å²) in [7, 11) is 0. The standard InChI is InChI=1S/C24H35N6O/c1-15-19(26-17(3)21(28-15)13-25-23(5,6)7)11-12-20-16(2)29-22(18(4)27-20)14-30(31)24(8,9)10/h11-14,31H,1-10H3/q+1. The van der Waals surface area contributed by atoms with E-state index in [4.69, 9.17) is 0 Å². The van der Waals surface area contributed by atoms with Crippen LogP contribution in [-0.4, -0.2) is 53.4 Å². The molecule has 1 N–H and O–H groups in total. The lowest BCUT2D eigenvalue weighted by Crippen LogP contribution is -2.31. The SMILES string of the molecule is Cc1nc(/C=C/c2nc(C)c(/C=[N+](\O)C(C)(C)C)nc2C)c(C)nc1C=NC(C)(C)C. The molecule has 7 nitrogen and oxygen atoms in total. The van der Waals surface area contributed by atoms with E-state index in [2.05, 4.69) is 24.9 Å². The Kier molecular flexibility index (Phi) is 7.09. The number of aryl methyl sites for hydroxylation is 4. The van der Waals surface area contributed by atoms with E-state index < -0.39 is 5.54 Å². The third kappa shape index (κ3) is 6.77. The molecule has 0 aliphatic carbocycles. The van der Waals surface area contributed by atoms with Crippen molar-refractivity contribution >= 4 is 24.6 Å². The first kappa shape index (κ1) is 24.3. The molecule has 2 aromatic heterocycles. The topological polar surface area (TPSA) is 87.2 Å². The van der Waals surface area contributed by atoms with Gasteiger partial charge in [0.25, 0.3) is 0 Å².